The summed E-state index contributed by atoms with van der Waals surface area (Å²) in [5, 5.41) is 6.51. The Kier molecular flexibility index (Phi) is 5.47. The molecule has 2 heterocycles. The molecule has 32 heavy (non-hydrogen) atoms. The molecule has 0 saturated carbocycles. The number of aromatic nitrogens is 2. The van der Waals surface area contributed by atoms with Gasteiger partial charge in [0.25, 0.3) is 5.91 Å². The van der Waals surface area contributed by atoms with E-state index in [9.17, 15) is 18.4 Å². The predicted octanol–water partition coefficient (Wildman–Crippen LogP) is 3.31. The molecule has 0 spiro atoms. The third-order valence-electron chi connectivity index (χ3n) is 5.04. The third kappa shape index (κ3) is 3.96. The third-order valence-corrected chi connectivity index (χ3v) is 5.04. The van der Waals surface area contributed by atoms with Crippen LogP contribution in [0.2, 0.25) is 0 Å². The Balaban J connectivity index is 1.50. The van der Waals surface area contributed by atoms with Crippen molar-refractivity contribution in [3.8, 4) is 22.9 Å². The molecular weight excluding hydrogens is 426 g/mol. The molecule has 2 aromatic carbocycles. The maximum atomic E-state index is 13.0. The van der Waals surface area contributed by atoms with Gasteiger partial charge in [-0.25, -0.2) is 4.79 Å². The highest BCUT2D eigenvalue weighted by Gasteiger charge is 2.49. The summed E-state index contributed by atoms with van der Waals surface area (Å²) >= 11 is 0. The lowest BCUT2D eigenvalue weighted by molar-refractivity contribution is -0.131. The molecule has 9 nitrogen and oxygen atoms in total. The molecule has 166 valence electrons. The molecule has 0 aliphatic carbocycles. The summed E-state index contributed by atoms with van der Waals surface area (Å²) in [5.41, 5.74) is -0.308. The zero-order valence-electron chi connectivity index (χ0n) is 17.0. The molecule has 1 N–H and O–H groups in total. The summed E-state index contributed by atoms with van der Waals surface area (Å²) < 4.78 is 39.3. The monoisotopic (exact) mass is 444 g/mol. The van der Waals surface area contributed by atoms with Gasteiger partial charge in [0.15, 0.2) is 0 Å². The predicted molar refractivity (Wildman–Crippen MR) is 106 cm³/mol. The van der Waals surface area contributed by atoms with Crippen molar-refractivity contribution in [3.63, 3.8) is 0 Å². The normalized spacial score (nSPS) is 18.2. The fourth-order valence-corrected chi connectivity index (χ4v) is 3.32. The highest BCUT2D eigenvalue weighted by atomic mass is 19.3. The lowest BCUT2D eigenvalue weighted by atomic mass is 9.92. The molecule has 1 aromatic heterocycles. The Morgan fingerprint density at radius 2 is 1.75 bits per heavy atom. The van der Waals surface area contributed by atoms with E-state index in [1.807, 2.05) is 0 Å². The molecule has 0 radical (unpaired) electrons. The zero-order chi connectivity index (χ0) is 22.9. The number of carbonyl (C=O) groups is 2. The molecular formula is C21H18F2N4O5. The quantitative estimate of drug-likeness (QED) is 0.557. The number of nitrogens with one attached hydrogen (secondary N) is 1. The highest BCUT2D eigenvalue weighted by molar-refractivity contribution is 6.07. The van der Waals surface area contributed by atoms with Gasteiger partial charge in [-0.3, -0.25) is 9.69 Å². The van der Waals surface area contributed by atoms with Gasteiger partial charge in [0.1, 0.15) is 23.6 Å². The van der Waals surface area contributed by atoms with Gasteiger partial charge in [-0.15, -0.1) is 0 Å². The fraction of sp³-hybridized carbons (Fsp3) is 0.238. The molecule has 1 aliphatic heterocycles. The average Bonchev–Trinajstić information content (AvgIpc) is 3.33. The molecule has 1 saturated heterocycles. The number of ether oxygens (including phenoxy) is 2. The first-order chi connectivity index (χ1) is 15.3. The number of halogens is 2. The van der Waals surface area contributed by atoms with Crippen LogP contribution in [-0.4, -0.2) is 40.7 Å². The minimum atomic E-state index is -2.96. The van der Waals surface area contributed by atoms with Gasteiger partial charge in [-0.05, 0) is 48.9 Å². The Labute approximate surface area is 180 Å². The van der Waals surface area contributed by atoms with Crippen molar-refractivity contribution in [2.24, 2.45) is 0 Å². The van der Waals surface area contributed by atoms with Gasteiger partial charge < -0.3 is 19.3 Å². The summed E-state index contributed by atoms with van der Waals surface area (Å²) in [5.74, 6) is 0.438. The van der Waals surface area contributed by atoms with Crippen molar-refractivity contribution < 1.29 is 32.4 Å². The van der Waals surface area contributed by atoms with E-state index >= 15 is 0 Å². The number of urea groups is 1. The van der Waals surface area contributed by atoms with Gasteiger partial charge in [-0.2, -0.15) is 13.8 Å². The van der Waals surface area contributed by atoms with Crippen LogP contribution in [0.5, 0.6) is 11.5 Å². The first-order valence-corrected chi connectivity index (χ1v) is 9.46. The van der Waals surface area contributed by atoms with Crippen LogP contribution in [0.15, 0.2) is 53.1 Å². The van der Waals surface area contributed by atoms with E-state index < -0.39 is 24.1 Å². The van der Waals surface area contributed by atoms with Crippen molar-refractivity contribution in [3.05, 3.63) is 60.0 Å². The largest absolute Gasteiger partial charge is 0.497 e. The van der Waals surface area contributed by atoms with Crippen LogP contribution < -0.4 is 14.8 Å². The van der Waals surface area contributed by atoms with E-state index in [1.54, 1.807) is 31.4 Å². The molecule has 1 atom stereocenters. The lowest BCUT2D eigenvalue weighted by Gasteiger charge is -2.22. The second-order valence-corrected chi connectivity index (χ2v) is 7.09. The lowest BCUT2D eigenvalue weighted by Crippen LogP contribution is -2.40. The number of hydrogen-bond acceptors (Lipinski definition) is 7. The van der Waals surface area contributed by atoms with E-state index in [0.29, 0.717) is 22.7 Å². The van der Waals surface area contributed by atoms with Crippen molar-refractivity contribution in [2.45, 2.75) is 25.6 Å². The van der Waals surface area contributed by atoms with Crippen LogP contribution in [0.3, 0.4) is 0 Å². The van der Waals surface area contributed by atoms with Crippen molar-refractivity contribution in [1.29, 1.82) is 0 Å². The number of nitrogens with zero attached hydrogens (tertiary/aromatic N) is 3. The summed E-state index contributed by atoms with van der Waals surface area (Å²) in [6, 6.07) is 11.8. The van der Waals surface area contributed by atoms with Crippen molar-refractivity contribution >= 4 is 11.9 Å². The molecule has 1 fully saturated rings. The Hall–Kier alpha value is -4.02. The number of rotatable bonds is 7. The Morgan fingerprint density at radius 3 is 2.38 bits per heavy atom. The van der Waals surface area contributed by atoms with Gasteiger partial charge in [-0.1, -0.05) is 17.3 Å². The van der Waals surface area contributed by atoms with E-state index in [-0.39, 0.29) is 18.2 Å². The molecule has 1 aliphatic rings. The fourth-order valence-electron chi connectivity index (χ4n) is 3.32. The smallest absolute Gasteiger partial charge is 0.387 e. The standard InChI is InChI=1S/C21H18F2N4O5/c1-21(13-5-9-15(10-6-13)31-19(22)23)18(28)27(20(29)25-21)11-16-24-17(26-32-16)12-3-7-14(30-2)8-4-12/h3-10,19H,11H2,1-2H3,(H,25,29). The van der Waals surface area contributed by atoms with Gasteiger partial charge >= 0.3 is 12.6 Å². The van der Waals surface area contributed by atoms with E-state index in [0.717, 1.165) is 4.90 Å². The van der Waals surface area contributed by atoms with Crippen LogP contribution >= 0.6 is 0 Å². The topological polar surface area (TPSA) is 107 Å². The summed E-state index contributed by atoms with van der Waals surface area (Å²) in [7, 11) is 1.55. The number of amides is 3. The number of imide groups is 1. The Bertz CT molecular complexity index is 1130. The highest BCUT2D eigenvalue weighted by Crippen LogP contribution is 2.31. The van der Waals surface area contributed by atoms with Crippen LogP contribution in [-0.2, 0) is 16.9 Å². The maximum Gasteiger partial charge on any atom is 0.387 e. The second kappa shape index (κ2) is 8.25. The number of methoxy groups -OCH3 is 1. The number of carbonyl (C=O) groups excluding carboxylic acids is 2. The summed E-state index contributed by atoms with van der Waals surface area (Å²) in [6.07, 6.45) is 0. The Morgan fingerprint density at radius 1 is 1.09 bits per heavy atom. The molecule has 1 unspecified atom stereocenters. The van der Waals surface area contributed by atoms with Crippen LogP contribution in [0.4, 0.5) is 13.6 Å². The first-order valence-electron chi connectivity index (χ1n) is 9.46. The van der Waals surface area contributed by atoms with Crippen molar-refractivity contribution in [2.75, 3.05) is 7.11 Å². The van der Waals surface area contributed by atoms with Crippen molar-refractivity contribution in [1.82, 2.24) is 20.4 Å². The van der Waals surface area contributed by atoms with Crippen LogP contribution in [0, 0.1) is 0 Å². The maximum absolute atomic E-state index is 13.0. The van der Waals surface area contributed by atoms with E-state index in [1.165, 1.54) is 31.2 Å². The van der Waals surface area contributed by atoms with Gasteiger partial charge in [0.05, 0.1) is 7.11 Å². The SMILES string of the molecule is COc1ccc(-c2noc(CN3C(=O)NC(C)(c4ccc(OC(F)F)cc4)C3=O)n2)cc1. The number of hydrogen-bond donors (Lipinski definition) is 1. The summed E-state index contributed by atoms with van der Waals surface area (Å²) in [6.45, 7) is -1.67. The first kappa shape index (κ1) is 21.2. The summed E-state index contributed by atoms with van der Waals surface area (Å²) in [4.78, 5) is 30.7. The van der Waals surface area contributed by atoms with Gasteiger partial charge in [0.2, 0.25) is 11.7 Å². The van der Waals surface area contributed by atoms with Gasteiger partial charge in [0, 0.05) is 5.56 Å². The number of alkyl halides is 2. The molecule has 11 heteroatoms. The number of benzene rings is 2. The molecule has 3 amide bonds. The molecule has 3 aromatic rings. The molecule has 4 rings (SSSR count). The minimum absolute atomic E-state index is 0.0575. The van der Waals surface area contributed by atoms with E-state index in [4.69, 9.17) is 9.26 Å². The molecule has 0 bridgehead atoms. The second-order valence-electron chi connectivity index (χ2n) is 7.09. The van der Waals surface area contributed by atoms with Crippen LogP contribution in [0.1, 0.15) is 18.4 Å². The van der Waals surface area contributed by atoms with E-state index in [2.05, 4.69) is 20.2 Å². The zero-order valence-corrected chi connectivity index (χ0v) is 17.0. The average molecular weight is 444 g/mol. The minimum Gasteiger partial charge on any atom is -0.497 e. The van der Waals surface area contributed by atoms with Crippen LogP contribution in [0.25, 0.3) is 11.4 Å².